The standard InChI is InChI=1S/C27H41N4O4P/c1-2-6-21-18-22(11-13-30(21)23-16-19-7-5-8-20(15-19)17-23)31-25-10-4-3-9-24(25)29-26(27(31)32)28-12-14-36(33,34)35/h3-4,9-10,19-23H,2,5-8,11-18H2,1H3,(H,28,29)(H2,33,34,35)/t19-,20+,21-,22-,23+/m1/s1. The van der Waals surface area contributed by atoms with Crippen LogP contribution >= 0.6 is 7.60 Å². The first-order valence-corrected chi connectivity index (χ1v) is 15.7. The van der Waals surface area contributed by atoms with Crippen LogP contribution in [0.2, 0.25) is 0 Å². The number of nitrogens with one attached hydrogen (secondary N) is 1. The maximum atomic E-state index is 13.6. The molecule has 9 heteroatoms. The molecular weight excluding hydrogens is 475 g/mol. The van der Waals surface area contributed by atoms with Gasteiger partial charge < -0.3 is 19.7 Å². The Morgan fingerprint density at radius 1 is 1.06 bits per heavy atom. The largest absolute Gasteiger partial charge is 0.365 e. The third-order valence-corrected chi connectivity index (χ3v) is 9.59. The van der Waals surface area contributed by atoms with E-state index in [1.807, 2.05) is 28.8 Å². The van der Waals surface area contributed by atoms with Gasteiger partial charge >= 0.3 is 7.60 Å². The molecule has 2 saturated carbocycles. The minimum atomic E-state index is -4.15. The van der Waals surface area contributed by atoms with Crippen molar-refractivity contribution in [3.8, 4) is 0 Å². The van der Waals surface area contributed by atoms with Gasteiger partial charge in [0, 0.05) is 31.2 Å². The summed E-state index contributed by atoms with van der Waals surface area (Å²) in [5.41, 5.74) is 1.37. The van der Waals surface area contributed by atoms with E-state index < -0.39 is 7.60 Å². The zero-order valence-electron chi connectivity index (χ0n) is 21.4. The van der Waals surface area contributed by atoms with Crippen LogP contribution in [-0.2, 0) is 4.57 Å². The van der Waals surface area contributed by atoms with E-state index in [0.29, 0.717) is 12.1 Å². The number of hydrogen-bond donors (Lipinski definition) is 3. The van der Waals surface area contributed by atoms with Gasteiger partial charge in [0.05, 0.1) is 17.2 Å². The maximum absolute atomic E-state index is 13.6. The van der Waals surface area contributed by atoms with Crippen molar-refractivity contribution in [1.82, 2.24) is 14.5 Å². The summed E-state index contributed by atoms with van der Waals surface area (Å²) in [7, 11) is -4.15. The van der Waals surface area contributed by atoms with Crippen LogP contribution in [0.1, 0.15) is 77.2 Å². The molecule has 0 amide bonds. The number of hydrogen-bond acceptors (Lipinski definition) is 5. The van der Waals surface area contributed by atoms with Gasteiger partial charge in [0.1, 0.15) is 0 Å². The van der Waals surface area contributed by atoms with Gasteiger partial charge in [-0.1, -0.05) is 44.7 Å². The van der Waals surface area contributed by atoms with E-state index in [1.54, 1.807) is 0 Å². The second kappa shape index (κ2) is 10.9. The zero-order valence-corrected chi connectivity index (χ0v) is 22.3. The Hall–Kier alpha value is -1.73. The summed E-state index contributed by atoms with van der Waals surface area (Å²) >= 11 is 0. The molecule has 1 aromatic heterocycles. The second-order valence-electron chi connectivity index (χ2n) is 11.3. The Morgan fingerprint density at radius 3 is 2.53 bits per heavy atom. The van der Waals surface area contributed by atoms with Crippen LogP contribution in [0.25, 0.3) is 11.0 Å². The molecule has 2 aromatic rings. The van der Waals surface area contributed by atoms with Crippen molar-refractivity contribution < 1.29 is 14.4 Å². The molecule has 3 aliphatic rings. The molecule has 2 heterocycles. The van der Waals surface area contributed by atoms with Gasteiger partial charge in [-0.15, -0.1) is 0 Å². The summed E-state index contributed by atoms with van der Waals surface area (Å²) in [5, 5.41) is 2.91. The lowest BCUT2D eigenvalue weighted by atomic mass is 9.69. The van der Waals surface area contributed by atoms with Crippen molar-refractivity contribution in [3.63, 3.8) is 0 Å². The number of anilines is 1. The Morgan fingerprint density at radius 2 is 1.81 bits per heavy atom. The first kappa shape index (κ1) is 25.9. The minimum Gasteiger partial charge on any atom is -0.365 e. The molecular formula is C27H41N4O4P. The molecule has 198 valence electrons. The average Bonchev–Trinajstić information content (AvgIpc) is 2.84. The van der Waals surface area contributed by atoms with Crippen molar-refractivity contribution in [2.24, 2.45) is 11.8 Å². The number of nitrogens with zero attached hydrogens (tertiary/aromatic N) is 3. The van der Waals surface area contributed by atoms with E-state index in [0.717, 1.165) is 55.1 Å². The highest BCUT2D eigenvalue weighted by atomic mass is 31.2. The summed E-state index contributed by atoms with van der Waals surface area (Å²) in [6.45, 7) is 3.28. The third-order valence-electron chi connectivity index (χ3n) is 8.78. The fraction of sp³-hybridized carbons (Fsp3) is 0.704. The molecule has 2 bridgehead atoms. The fourth-order valence-electron chi connectivity index (χ4n) is 7.30. The van der Waals surface area contributed by atoms with Crippen molar-refractivity contribution >= 4 is 24.4 Å². The quantitative estimate of drug-likeness (QED) is 0.434. The monoisotopic (exact) mass is 516 g/mol. The Bertz CT molecular complexity index is 1150. The number of fused-ring (bicyclic) bond motifs is 3. The molecule has 8 nitrogen and oxygen atoms in total. The molecule has 1 saturated heterocycles. The predicted octanol–water partition coefficient (Wildman–Crippen LogP) is 4.76. The average molecular weight is 517 g/mol. The molecule has 1 aromatic carbocycles. The van der Waals surface area contributed by atoms with Crippen LogP contribution < -0.4 is 10.9 Å². The lowest BCUT2D eigenvalue weighted by Crippen LogP contribution is -2.52. The molecule has 0 radical (unpaired) electrons. The summed E-state index contributed by atoms with van der Waals surface area (Å²) in [6.07, 6.45) is 12.2. The third kappa shape index (κ3) is 5.72. The number of rotatable bonds is 8. The Balaban J connectivity index is 1.41. The molecule has 0 unspecified atom stereocenters. The zero-order chi connectivity index (χ0) is 25.3. The van der Waals surface area contributed by atoms with Crippen molar-refractivity contribution in [3.05, 3.63) is 34.6 Å². The van der Waals surface area contributed by atoms with Gasteiger partial charge in [-0.05, 0) is 62.5 Å². The first-order chi connectivity index (χ1) is 17.3. The van der Waals surface area contributed by atoms with Gasteiger partial charge in [0.2, 0.25) is 0 Å². The first-order valence-electron chi connectivity index (χ1n) is 13.9. The number of para-hydroxylation sites is 2. The predicted molar refractivity (Wildman–Crippen MR) is 144 cm³/mol. The number of aromatic nitrogens is 2. The summed E-state index contributed by atoms with van der Waals surface area (Å²) in [6, 6.07) is 8.96. The molecule has 36 heavy (non-hydrogen) atoms. The van der Waals surface area contributed by atoms with E-state index in [4.69, 9.17) is 0 Å². The van der Waals surface area contributed by atoms with Crippen molar-refractivity contribution in [1.29, 1.82) is 0 Å². The summed E-state index contributed by atoms with van der Waals surface area (Å²) in [4.78, 5) is 39.4. The Kier molecular flexibility index (Phi) is 7.87. The van der Waals surface area contributed by atoms with Crippen LogP contribution in [0, 0.1) is 11.8 Å². The molecule has 1 aliphatic heterocycles. The van der Waals surface area contributed by atoms with Crippen molar-refractivity contribution in [2.45, 2.75) is 89.3 Å². The summed E-state index contributed by atoms with van der Waals surface area (Å²) in [5.74, 6) is 1.98. The molecule has 5 atom stereocenters. The molecule has 5 rings (SSSR count). The minimum absolute atomic E-state index is 0.00573. The van der Waals surface area contributed by atoms with Crippen LogP contribution in [0.4, 0.5) is 5.82 Å². The highest BCUT2D eigenvalue weighted by molar-refractivity contribution is 7.51. The topological polar surface area (TPSA) is 108 Å². The fourth-order valence-corrected chi connectivity index (χ4v) is 7.70. The number of likely N-dealkylation sites (tertiary alicyclic amines) is 1. The van der Waals surface area contributed by atoms with Crippen molar-refractivity contribution in [2.75, 3.05) is 24.6 Å². The maximum Gasteiger partial charge on any atom is 0.327 e. The normalized spacial score (nSPS) is 29.4. The molecule has 3 fully saturated rings. The van der Waals surface area contributed by atoms with E-state index in [2.05, 4.69) is 22.1 Å². The smallest absolute Gasteiger partial charge is 0.327 e. The molecule has 2 aliphatic carbocycles. The van der Waals surface area contributed by atoms with Crippen LogP contribution in [0.3, 0.4) is 0 Å². The van der Waals surface area contributed by atoms with Gasteiger partial charge in [-0.3, -0.25) is 14.3 Å². The lowest BCUT2D eigenvalue weighted by molar-refractivity contribution is 0.0107. The highest BCUT2D eigenvalue weighted by Crippen LogP contribution is 2.44. The second-order valence-corrected chi connectivity index (χ2v) is 13.1. The van der Waals surface area contributed by atoms with Gasteiger partial charge in [0.15, 0.2) is 5.82 Å². The number of benzene rings is 1. The molecule has 0 spiro atoms. The number of piperidine rings is 1. The van der Waals surface area contributed by atoms with Crippen LogP contribution in [0.5, 0.6) is 0 Å². The van der Waals surface area contributed by atoms with Gasteiger partial charge in [-0.2, -0.15) is 0 Å². The van der Waals surface area contributed by atoms with E-state index >= 15 is 0 Å². The van der Waals surface area contributed by atoms with Gasteiger partial charge in [-0.25, -0.2) is 4.98 Å². The Labute approximate surface area is 213 Å². The van der Waals surface area contributed by atoms with E-state index in [1.165, 1.54) is 38.5 Å². The van der Waals surface area contributed by atoms with E-state index in [9.17, 15) is 19.1 Å². The van der Waals surface area contributed by atoms with Gasteiger partial charge in [0.25, 0.3) is 5.56 Å². The molecule has 3 N–H and O–H groups in total. The van der Waals surface area contributed by atoms with E-state index in [-0.39, 0.29) is 30.1 Å². The highest BCUT2D eigenvalue weighted by Gasteiger charge is 2.39. The SMILES string of the molecule is CCC[C@@H]1C[C@H](n2c(=O)c(NCCP(=O)(O)O)nc3ccccc32)CCN1[C@H]1C[C@@H]2CCC[C@@H](C2)C1. The van der Waals surface area contributed by atoms with Crippen LogP contribution in [-0.4, -0.2) is 55.6 Å². The lowest BCUT2D eigenvalue weighted by Gasteiger charge is -2.49. The van der Waals surface area contributed by atoms with Crippen LogP contribution in [0.15, 0.2) is 29.1 Å². The summed E-state index contributed by atoms with van der Waals surface area (Å²) < 4.78 is 13.2.